The molecule has 5 heteroatoms. The molecule has 18 heavy (non-hydrogen) atoms. The fraction of sp³-hybridized carbons (Fsp3) is 0.923. The van der Waals surface area contributed by atoms with Crippen LogP contribution in [-0.4, -0.2) is 52.0 Å². The van der Waals surface area contributed by atoms with Gasteiger partial charge in [0.05, 0.1) is 13.2 Å². The van der Waals surface area contributed by atoms with E-state index in [0.29, 0.717) is 13.2 Å². The third kappa shape index (κ3) is 8.66. The first-order valence-corrected chi connectivity index (χ1v) is 10.1. The van der Waals surface area contributed by atoms with Crippen LogP contribution >= 0.6 is 0 Å². The Bertz CT molecular complexity index is 234. The lowest BCUT2D eigenvalue weighted by Gasteiger charge is -2.24. The standard InChI is InChI=1S/C13H29NO3Si/c1-6-14(12-13(15)16-7-2)10-9-11-18(4,5)17-8-3/h6-12H2,1-5H3. The minimum atomic E-state index is -1.48. The van der Waals surface area contributed by atoms with E-state index in [2.05, 4.69) is 24.9 Å². The Morgan fingerprint density at radius 2 is 1.83 bits per heavy atom. The van der Waals surface area contributed by atoms with E-state index in [9.17, 15) is 4.79 Å². The summed E-state index contributed by atoms with van der Waals surface area (Å²) in [5.74, 6) is -0.124. The highest BCUT2D eigenvalue weighted by Gasteiger charge is 2.21. The van der Waals surface area contributed by atoms with Crippen LogP contribution in [0.3, 0.4) is 0 Å². The van der Waals surface area contributed by atoms with Gasteiger partial charge >= 0.3 is 5.97 Å². The molecule has 0 bridgehead atoms. The summed E-state index contributed by atoms with van der Waals surface area (Å²) < 4.78 is 10.8. The molecule has 0 aromatic heterocycles. The van der Waals surface area contributed by atoms with Gasteiger partial charge in [-0.1, -0.05) is 6.92 Å². The average Bonchev–Trinajstić information content (AvgIpc) is 2.27. The number of carbonyl (C=O) groups is 1. The van der Waals surface area contributed by atoms with Crippen LogP contribution in [0.5, 0.6) is 0 Å². The van der Waals surface area contributed by atoms with E-state index in [-0.39, 0.29) is 5.97 Å². The molecule has 0 unspecified atom stereocenters. The Balaban J connectivity index is 3.90. The van der Waals surface area contributed by atoms with Gasteiger partial charge in [-0.05, 0) is 52.5 Å². The lowest BCUT2D eigenvalue weighted by Crippen LogP contribution is -2.34. The minimum absolute atomic E-state index is 0.124. The number of ether oxygens (including phenoxy) is 1. The quantitative estimate of drug-likeness (QED) is 0.453. The molecule has 108 valence electrons. The van der Waals surface area contributed by atoms with Crippen molar-refractivity contribution in [2.45, 2.75) is 46.3 Å². The minimum Gasteiger partial charge on any atom is -0.465 e. The number of likely N-dealkylation sites (N-methyl/N-ethyl adjacent to an activating group) is 1. The summed E-state index contributed by atoms with van der Waals surface area (Å²) in [5.41, 5.74) is 0. The van der Waals surface area contributed by atoms with Crippen molar-refractivity contribution >= 4 is 14.3 Å². The third-order valence-electron chi connectivity index (χ3n) is 2.89. The molecule has 0 aliphatic carbocycles. The molecule has 0 saturated carbocycles. The molecule has 0 atom stereocenters. The van der Waals surface area contributed by atoms with Crippen LogP contribution in [0.15, 0.2) is 0 Å². The molecule has 0 aromatic rings. The molecule has 0 heterocycles. The van der Waals surface area contributed by atoms with Crippen LogP contribution in [-0.2, 0) is 14.0 Å². The normalized spacial score (nSPS) is 11.9. The Morgan fingerprint density at radius 3 is 2.33 bits per heavy atom. The fourth-order valence-electron chi connectivity index (χ4n) is 1.93. The predicted octanol–water partition coefficient (Wildman–Crippen LogP) is 2.50. The van der Waals surface area contributed by atoms with Gasteiger partial charge in [0.15, 0.2) is 8.32 Å². The van der Waals surface area contributed by atoms with Crippen molar-refractivity contribution in [1.29, 1.82) is 0 Å². The third-order valence-corrected chi connectivity index (χ3v) is 5.52. The van der Waals surface area contributed by atoms with Gasteiger partial charge in [0.2, 0.25) is 0 Å². The molecule has 4 nitrogen and oxygen atoms in total. The predicted molar refractivity (Wildman–Crippen MR) is 77.3 cm³/mol. The number of carbonyl (C=O) groups excluding carboxylic acids is 1. The number of hydrogen-bond acceptors (Lipinski definition) is 4. The average molecular weight is 275 g/mol. The second kappa shape index (κ2) is 9.53. The summed E-state index contributed by atoms with van der Waals surface area (Å²) in [7, 11) is -1.48. The van der Waals surface area contributed by atoms with Crippen LogP contribution in [0.2, 0.25) is 19.1 Å². The van der Waals surface area contributed by atoms with Crippen molar-refractivity contribution in [3.63, 3.8) is 0 Å². The summed E-state index contributed by atoms with van der Waals surface area (Å²) in [6.07, 6.45) is 1.09. The van der Waals surface area contributed by atoms with Crippen molar-refractivity contribution in [1.82, 2.24) is 4.90 Å². The van der Waals surface area contributed by atoms with E-state index in [0.717, 1.165) is 32.2 Å². The first-order chi connectivity index (χ1) is 8.45. The lowest BCUT2D eigenvalue weighted by molar-refractivity contribution is -0.144. The Morgan fingerprint density at radius 1 is 1.17 bits per heavy atom. The topological polar surface area (TPSA) is 38.8 Å². The van der Waals surface area contributed by atoms with E-state index in [1.807, 2.05) is 13.8 Å². The monoisotopic (exact) mass is 275 g/mol. The maximum absolute atomic E-state index is 11.4. The second-order valence-corrected chi connectivity index (χ2v) is 9.28. The second-order valence-electron chi connectivity index (χ2n) is 4.97. The molecule has 0 amide bonds. The van der Waals surface area contributed by atoms with E-state index in [1.54, 1.807) is 0 Å². The number of nitrogens with zero attached hydrogens (tertiary/aromatic N) is 1. The van der Waals surface area contributed by atoms with Gasteiger partial charge in [0.25, 0.3) is 0 Å². The molecule has 0 aromatic carbocycles. The summed E-state index contributed by atoms with van der Waals surface area (Å²) in [4.78, 5) is 13.5. The zero-order chi connectivity index (χ0) is 14.0. The molecular formula is C13H29NO3Si. The molecule has 0 spiro atoms. The van der Waals surface area contributed by atoms with E-state index >= 15 is 0 Å². The van der Waals surface area contributed by atoms with Gasteiger partial charge in [-0.2, -0.15) is 0 Å². The SMILES string of the molecule is CCOC(=O)CN(CC)CCC[Si](C)(C)OCC. The Labute approximate surface area is 113 Å². The van der Waals surface area contributed by atoms with Crippen LogP contribution in [0.1, 0.15) is 27.2 Å². The van der Waals surface area contributed by atoms with Crippen molar-refractivity contribution in [3.8, 4) is 0 Å². The summed E-state index contributed by atoms with van der Waals surface area (Å²) in [6, 6.07) is 1.14. The van der Waals surface area contributed by atoms with E-state index in [4.69, 9.17) is 9.16 Å². The number of rotatable bonds is 10. The number of esters is 1. The maximum atomic E-state index is 11.4. The van der Waals surface area contributed by atoms with Crippen LogP contribution in [0.4, 0.5) is 0 Å². The molecule has 0 saturated heterocycles. The molecule has 0 fully saturated rings. The smallest absolute Gasteiger partial charge is 0.320 e. The van der Waals surface area contributed by atoms with Crippen molar-refractivity contribution in [3.05, 3.63) is 0 Å². The zero-order valence-electron chi connectivity index (χ0n) is 12.6. The highest BCUT2D eigenvalue weighted by molar-refractivity contribution is 6.71. The Hall–Kier alpha value is -0.393. The van der Waals surface area contributed by atoms with Crippen LogP contribution in [0.25, 0.3) is 0 Å². The molecule has 0 aliphatic heterocycles. The largest absolute Gasteiger partial charge is 0.465 e. The summed E-state index contributed by atoms with van der Waals surface area (Å²) in [6.45, 7) is 14.0. The van der Waals surface area contributed by atoms with Crippen molar-refractivity contribution in [2.75, 3.05) is 32.8 Å². The zero-order valence-corrected chi connectivity index (χ0v) is 13.6. The van der Waals surface area contributed by atoms with Gasteiger partial charge in [-0.3, -0.25) is 9.69 Å². The van der Waals surface area contributed by atoms with Gasteiger partial charge < -0.3 is 9.16 Å². The van der Waals surface area contributed by atoms with Gasteiger partial charge in [-0.15, -0.1) is 0 Å². The molecule has 0 N–H and O–H groups in total. The van der Waals surface area contributed by atoms with Gasteiger partial charge in [-0.25, -0.2) is 0 Å². The number of hydrogen-bond donors (Lipinski definition) is 0. The van der Waals surface area contributed by atoms with Crippen molar-refractivity contribution < 1.29 is 14.0 Å². The van der Waals surface area contributed by atoms with E-state index in [1.165, 1.54) is 0 Å². The first-order valence-electron chi connectivity index (χ1n) is 6.97. The molecule has 0 rings (SSSR count). The first kappa shape index (κ1) is 17.6. The highest BCUT2D eigenvalue weighted by atomic mass is 28.4. The summed E-state index contributed by atoms with van der Waals surface area (Å²) >= 11 is 0. The molecule has 0 radical (unpaired) electrons. The van der Waals surface area contributed by atoms with Crippen LogP contribution < -0.4 is 0 Å². The van der Waals surface area contributed by atoms with E-state index < -0.39 is 8.32 Å². The fourth-order valence-corrected chi connectivity index (χ4v) is 3.86. The molecule has 0 aliphatic rings. The lowest BCUT2D eigenvalue weighted by atomic mass is 10.4. The van der Waals surface area contributed by atoms with Crippen LogP contribution in [0, 0.1) is 0 Å². The highest BCUT2D eigenvalue weighted by Crippen LogP contribution is 2.13. The van der Waals surface area contributed by atoms with Gasteiger partial charge in [0, 0.05) is 6.61 Å². The Kier molecular flexibility index (Phi) is 9.32. The molecular weight excluding hydrogens is 246 g/mol. The maximum Gasteiger partial charge on any atom is 0.320 e. The van der Waals surface area contributed by atoms with Crippen molar-refractivity contribution in [2.24, 2.45) is 0 Å². The summed E-state index contributed by atoms with van der Waals surface area (Å²) in [5, 5.41) is 0. The van der Waals surface area contributed by atoms with Gasteiger partial charge in [0.1, 0.15) is 0 Å².